The molecule has 4 aromatic heterocycles. The summed E-state index contributed by atoms with van der Waals surface area (Å²) in [6.07, 6.45) is 48.1. The maximum absolute atomic E-state index is 2.75. The predicted octanol–water partition coefficient (Wildman–Crippen LogP) is 22.4. The maximum atomic E-state index is 2.75. The molecular weight excluding hydrogens is 1090 g/mol. The van der Waals surface area contributed by atoms with Gasteiger partial charge in [0.2, 0.25) is 0 Å². The molecule has 0 saturated carbocycles. The molecule has 0 N–H and O–H groups in total. The van der Waals surface area contributed by atoms with Crippen LogP contribution in [-0.2, 0) is 12.8 Å². The van der Waals surface area contributed by atoms with Crippen LogP contribution in [0.5, 0.6) is 0 Å². The van der Waals surface area contributed by atoms with Crippen molar-refractivity contribution in [1.29, 1.82) is 0 Å². The second kappa shape index (κ2) is 33.4. The molecule has 0 fully saturated rings. The van der Waals surface area contributed by atoms with Gasteiger partial charge in [0.15, 0.2) is 0 Å². The van der Waals surface area contributed by atoms with Crippen molar-refractivity contribution in [1.82, 2.24) is 0 Å². The Labute approximate surface area is 435 Å². The van der Waals surface area contributed by atoms with Gasteiger partial charge in [0.25, 0.3) is 0 Å². The van der Waals surface area contributed by atoms with Crippen LogP contribution in [-0.4, -0.2) is 36.8 Å². The van der Waals surface area contributed by atoms with Crippen LogP contribution in [0, 0.1) is 11.8 Å². The van der Waals surface area contributed by atoms with Crippen LogP contribution >= 0.6 is 45.3 Å². The molecule has 2 atom stereocenters. The van der Waals surface area contributed by atoms with E-state index in [1.54, 1.807) is 36.4 Å². The van der Waals surface area contributed by atoms with Crippen LogP contribution in [0.15, 0.2) is 24.3 Å². The van der Waals surface area contributed by atoms with Crippen molar-refractivity contribution in [3.05, 3.63) is 35.4 Å². The van der Waals surface area contributed by atoms with E-state index in [4.69, 9.17) is 0 Å². The third-order valence-corrected chi connectivity index (χ3v) is 38.5. The fraction of sp³-hybridized carbons (Fsp3) is 0.767. The number of hydrogen-bond acceptors (Lipinski definition) is 4. The Morgan fingerprint density at radius 1 is 0.333 bits per heavy atom. The summed E-state index contributed by atoms with van der Waals surface area (Å²) < 4.78 is 6.64. The van der Waals surface area contributed by atoms with Crippen molar-refractivity contribution in [2.24, 2.45) is 11.8 Å². The van der Waals surface area contributed by atoms with E-state index in [1.165, 1.54) is 228 Å². The van der Waals surface area contributed by atoms with Crippen LogP contribution in [0.2, 0.25) is 29.6 Å². The first-order valence-corrected chi connectivity index (χ1v) is 51.9. The summed E-state index contributed by atoms with van der Waals surface area (Å²) in [5.74, 6) is 1.67. The minimum absolute atomic E-state index is 0.834. The Balaban J connectivity index is 1.55. The zero-order valence-corrected chi connectivity index (χ0v) is 54.1. The molecule has 2 unspecified atom stereocenters. The Morgan fingerprint density at radius 3 is 0.848 bits per heavy atom. The Morgan fingerprint density at radius 2 is 0.591 bits per heavy atom. The van der Waals surface area contributed by atoms with E-state index in [2.05, 4.69) is 127 Å². The molecular formula is C60H104S4Sn2. The first-order chi connectivity index (χ1) is 31.9. The molecule has 0 amide bonds. The summed E-state index contributed by atoms with van der Waals surface area (Å²) in [5.41, 5.74) is 3.42. The third kappa shape index (κ3) is 22.2. The molecule has 0 radical (unpaired) electrons. The van der Waals surface area contributed by atoms with Gasteiger partial charge in [0.1, 0.15) is 0 Å². The average molecular weight is 1190 g/mol. The fourth-order valence-corrected chi connectivity index (χ4v) is 25.9. The fourth-order valence-electron chi connectivity index (χ4n) is 10.3. The number of rotatable bonds is 40. The normalized spacial score (nSPS) is 13.4. The van der Waals surface area contributed by atoms with E-state index < -0.39 is 36.8 Å². The SMILES string of the molecule is CCCCCCCCCCC(CCCCCCCC)Cc1c[c]([Sn]([CH3])([CH3])[CH3])sc1-c1cc2sc(-c3s[c]([Sn]([CH3])([CH3])[CH3])cc3CC(CCCCCCCC)CCCCCCCCCC)cc2s1. The third-order valence-electron chi connectivity index (χ3n) is 14.6. The van der Waals surface area contributed by atoms with Crippen molar-refractivity contribution in [2.45, 2.75) is 276 Å². The molecule has 4 aromatic rings. The number of unbranched alkanes of at least 4 members (excludes halogenated alkanes) is 24. The average Bonchev–Trinajstić information content (AvgIpc) is 4.08. The van der Waals surface area contributed by atoms with Crippen LogP contribution in [0.3, 0.4) is 0 Å². The Bertz CT molecular complexity index is 1660. The summed E-state index contributed by atoms with van der Waals surface area (Å²) in [6, 6.07) is 10.8. The Hall–Kier alpha value is 0.657. The van der Waals surface area contributed by atoms with Crippen molar-refractivity contribution in [2.75, 3.05) is 0 Å². The monoisotopic (exact) mass is 1190 g/mol. The second-order valence-corrected chi connectivity index (χ2v) is 58.3. The molecule has 66 heavy (non-hydrogen) atoms. The summed E-state index contributed by atoms with van der Waals surface area (Å²) in [4.78, 5) is 22.3. The van der Waals surface area contributed by atoms with Gasteiger partial charge in [-0.05, 0) is 0 Å². The van der Waals surface area contributed by atoms with Crippen LogP contribution in [0.4, 0.5) is 0 Å². The first-order valence-electron chi connectivity index (χ1n) is 28.7. The van der Waals surface area contributed by atoms with E-state index in [-0.39, 0.29) is 0 Å². The van der Waals surface area contributed by atoms with Crippen molar-refractivity contribution in [3.63, 3.8) is 0 Å². The van der Waals surface area contributed by atoms with Gasteiger partial charge >= 0.3 is 386 Å². The first kappa shape index (κ1) is 59.2. The van der Waals surface area contributed by atoms with Crippen LogP contribution < -0.4 is 5.79 Å². The van der Waals surface area contributed by atoms with Gasteiger partial charge < -0.3 is 0 Å². The standard InChI is InChI=1S/C54H86S4.6CH3.2Sn/c1-5-9-13-17-21-23-27-31-35-45(33-29-25-19-15-11-7-3)41-47-37-39-55-53(47)51-43-49-50(57-51)44-52(58-49)54-48(38-40-56-54)42-46(34-30-26-20-16-12-8-4)36-32-28-24-22-18-14-10-6-2;;;;;;;;/h37-38,43-46H,5-36,41-42H2,1-4H3;6*1H3;;. The number of hydrogen-bond donors (Lipinski definition) is 0. The molecule has 0 bridgehead atoms. The quantitative estimate of drug-likeness (QED) is 0.0308. The molecule has 0 saturated heterocycles. The van der Waals surface area contributed by atoms with Gasteiger partial charge in [-0.2, -0.15) is 0 Å². The zero-order chi connectivity index (χ0) is 47.6. The van der Waals surface area contributed by atoms with Crippen LogP contribution in [0.25, 0.3) is 28.9 Å². The van der Waals surface area contributed by atoms with E-state index in [9.17, 15) is 0 Å². The second-order valence-electron chi connectivity index (χ2n) is 23.2. The molecule has 4 heterocycles. The molecule has 0 spiro atoms. The molecule has 0 aliphatic rings. The molecule has 4 rings (SSSR count). The van der Waals surface area contributed by atoms with E-state index in [0.717, 1.165) is 11.8 Å². The van der Waals surface area contributed by atoms with E-state index >= 15 is 0 Å². The van der Waals surface area contributed by atoms with E-state index in [0.29, 0.717) is 0 Å². The number of fused-ring (bicyclic) bond motifs is 1. The Kier molecular flexibility index (Phi) is 30.0. The molecule has 376 valence electrons. The summed E-state index contributed by atoms with van der Waals surface area (Å²) in [5, 5.41) is 0. The van der Waals surface area contributed by atoms with Gasteiger partial charge in [0, 0.05) is 0 Å². The number of thiophene rings is 4. The molecule has 0 aromatic carbocycles. The van der Waals surface area contributed by atoms with Gasteiger partial charge in [0.05, 0.1) is 0 Å². The minimum atomic E-state index is -2.26. The molecule has 0 aliphatic carbocycles. The molecule has 6 heteroatoms. The summed E-state index contributed by atoms with van der Waals surface area (Å²) in [7, 11) is 0. The van der Waals surface area contributed by atoms with Crippen molar-refractivity contribution in [3.8, 4) is 19.5 Å². The van der Waals surface area contributed by atoms with E-state index in [1.807, 2.05) is 0 Å². The van der Waals surface area contributed by atoms with Crippen molar-refractivity contribution >= 4 is 97.3 Å². The van der Waals surface area contributed by atoms with Gasteiger partial charge in [-0.25, -0.2) is 0 Å². The summed E-state index contributed by atoms with van der Waals surface area (Å²) in [6.45, 7) is 9.37. The zero-order valence-electron chi connectivity index (χ0n) is 45.1. The molecule has 0 nitrogen and oxygen atoms in total. The van der Waals surface area contributed by atoms with Gasteiger partial charge in [-0.1, -0.05) is 53.4 Å². The topological polar surface area (TPSA) is 0 Å². The van der Waals surface area contributed by atoms with Gasteiger partial charge in [-0.3, -0.25) is 0 Å². The summed E-state index contributed by atoms with van der Waals surface area (Å²) >= 11 is 4.17. The molecule has 0 aliphatic heterocycles. The van der Waals surface area contributed by atoms with Gasteiger partial charge in [-0.15, -0.1) is 0 Å². The van der Waals surface area contributed by atoms with Crippen LogP contribution in [0.1, 0.15) is 244 Å². The van der Waals surface area contributed by atoms with Crippen molar-refractivity contribution < 1.29 is 0 Å². The predicted molar refractivity (Wildman–Crippen MR) is 317 cm³/mol.